The van der Waals surface area contributed by atoms with Crippen molar-refractivity contribution < 1.29 is 0 Å². The van der Waals surface area contributed by atoms with Crippen molar-refractivity contribution in [3.8, 4) is 0 Å². The fourth-order valence-corrected chi connectivity index (χ4v) is 4.21. The summed E-state index contributed by atoms with van der Waals surface area (Å²) in [6.07, 6.45) is 0. The van der Waals surface area contributed by atoms with Crippen LogP contribution >= 0.6 is 27.7 Å². The molecule has 0 aromatic heterocycles. The molecule has 1 unspecified atom stereocenters. The number of rotatable bonds is 2. The Morgan fingerprint density at radius 1 is 1.35 bits per heavy atom. The van der Waals surface area contributed by atoms with Crippen molar-refractivity contribution in [3.05, 3.63) is 28.2 Å². The second-order valence-electron chi connectivity index (χ2n) is 4.74. The van der Waals surface area contributed by atoms with E-state index < -0.39 is 0 Å². The Balaban J connectivity index is 1.72. The zero-order valence-electron chi connectivity index (χ0n) is 9.79. The second-order valence-corrected chi connectivity index (χ2v) is 6.72. The lowest BCUT2D eigenvalue weighted by Gasteiger charge is -2.29. The third-order valence-corrected chi connectivity index (χ3v) is 5.28. The van der Waals surface area contributed by atoms with Gasteiger partial charge in [0.25, 0.3) is 0 Å². The van der Waals surface area contributed by atoms with E-state index in [0.717, 1.165) is 13.1 Å². The molecule has 2 nitrogen and oxygen atoms in total. The van der Waals surface area contributed by atoms with Gasteiger partial charge in [0, 0.05) is 53.8 Å². The minimum absolute atomic E-state index is 0.714. The van der Waals surface area contributed by atoms with Crippen LogP contribution in [0.1, 0.15) is 11.5 Å². The smallest absolute Gasteiger partial charge is 0.0178 e. The monoisotopic (exact) mass is 312 g/mol. The summed E-state index contributed by atoms with van der Waals surface area (Å²) in [7, 11) is 0. The molecule has 1 atom stereocenters. The lowest BCUT2D eigenvalue weighted by Crippen LogP contribution is -2.45. The number of thioether (sulfide) groups is 1. The molecule has 1 aromatic carbocycles. The summed E-state index contributed by atoms with van der Waals surface area (Å²) < 4.78 is 1.21. The highest BCUT2D eigenvalue weighted by Crippen LogP contribution is 2.41. The SMILES string of the molecule is Brc1ccc2c(c1)C(CN1CCNCC1)CS2. The van der Waals surface area contributed by atoms with Crippen LogP contribution in [0.2, 0.25) is 0 Å². The molecular weight excluding hydrogens is 296 g/mol. The molecule has 2 heterocycles. The van der Waals surface area contributed by atoms with Crippen LogP contribution < -0.4 is 5.32 Å². The molecule has 92 valence electrons. The van der Waals surface area contributed by atoms with Crippen LogP contribution in [-0.2, 0) is 0 Å². The van der Waals surface area contributed by atoms with E-state index in [1.807, 2.05) is 11.8 Å². The summed E-state index contributed by atoms with van der Waals surface area (Å²) in [5, 5.41) is 3.41. The van der Waals surface area contributed by atoms with Gasteiger partial charge < -0.3 is 10.2 Å². The zero-order valence-corrected chi connectivity index (χ0v) is 12.2. The van der Waals surface area contributed by atoms with Gasteiger partial charge >= 0.3 is 0 Å². The number of benzene rings is 1. The average molecular weight is 313 g/mol. The lowest BCUT2D eigenvalue weighted by molar-refractivity contribution is 0.231. The number of halogens is 1. The van der Waals surface area contributed by atoms with Gasteiger partial charge in [-0.15, -0.1) is 11.8 Å². The van der Waals surface area contributed by atoms with Gasteiger partial charge in [0.05, 0.1) is 0 Å². The van der Waals surface area contributed by atoms with Crippen LogP contribution in [0.4, 0.5) is 0 Å². The Morgan fingerprint density at radius 2 is 2.18 bits per heavy atom. The highest BCUT2D eigenvalue weighted by molar-refractivity contribution is 9.10. The first-order valence-corrected chi connectivity index (χ1v) is 7.96. The van der Waals surface area contributed by atoms with E-state index >= 15 is 0 Å². The van der Waals surface area contributed by atoms with Crippen LogP contribution in [0.3, 0.4) is 0 Å². The fraction of sp³-hybridized carbons (Fsp3) is 0.538. The predicted octanol–water partition coefficient (Wildman–Crippen LogP) is 2.54. The molecule has 0 amide bonds. The molecule has 0 bridgehead atoms. The Bertz CT molecular complexity index is 404. The van der Waals surface area contributed by atoms with Gasteiger partial charge in [-0.3, -0.25) is 0 Å². The zero-order chi connectivity index (χ0) is 11.7. The predicted molar refractivity (Wildman–Crippen MR) is 76.9 cm³/mol. The van der Waals surface area contributed by atoms with E-state index in [1.165, 1.54) is 34.8 Å². The molecule has 2 aliphatic rings. The number of nitrogens with zero attached hydrogens (tertiary/aromatic N) is 1. The van der Waals surface area contributed by atoms with E-state index in [1.54, 1.807) is 5.56 Å². The van der Waals surface area contributed by atoms with Crippen LogP contribution in [0.25, 0.3) is 0 Å². The van der Waals surface area contributed by atoms with Crippen molar-refractivity contribution in [2.75, 3.05) is 38.5 Å². The highest BCUT2D eigenvalue weighted by Gasteiger charge is 2.25. The van der Waals surface area contributed by atoms with E-state index in [-0.39, 0.29) is 0 Å². The van der Waals surface area contributed by atoms with Crippen molar-refractivity contribution in [3.63, 3.8) is 0 Å². The van der Waals surface area contributed by atoms with Gasteiger partial charge in [-0.2, -0.15) is 0 Å². The third kappa shape index (κ3) is 2.70. The highest BCUT2D eigenvalue weighted by atomic mass is 79.9. The van der Waals surface area contributed by atoms with E-state index in [0.29, 0.717) is 5.92 Å². The molecule has 2 aliphatic heterocycles. The van der Waals surface area contributed by atoms with Gasteiger partial charge in [-0.1, -0.05) is 15.9 Å². The molecule has 0 aliphatic carbocycles. The maximum Gasteiger partial charge on any atom is 0.0178 e. The number of piperazine rings is 1. The van der Waals surface area contributed by atoms with E-state index in [9.17, 15) is 0 Å². The maximum absolute atomic E-state index is 3.58. The Labute approximate surface area is 115 Å². The van der Waals surface area contributed by atoms with Gasteiger partial charge in [0.15, 0.2) is 0 Å². The summed E-state index contributed by atoms with van der Waals surface area (Å²) in [5.41, 5.74) is 1.54. The molecule has 17 heavy (non-hydrogen) atoms. The quantitative estimate of drug-likeness (QED) is 0.903. The molecule has 4 heteroatoms. The number of nitrogens with one attached hydrogen (secondary N) is 1. The van der Waals surface area contributed by atoms with Crippen molar-refractivity contribution in [1.82, 2.24) is 10.2 Å². The first-order valence-electron chi connectivity index (χ1n) is 6.18. The normalized spacial score (nSPS) is 24.9. The van der Waals surface area contributed by atoms with Crippen molar-refractivity contribution in [2.45, 2.75) is 10.8 Å². The Kier molecular flexibility index (Phi) is 3.75. The minimum atomic E-state index is 0.714. The topological polar surface area (TPSA) is 15.3 Å². The third-order valence-electron chi connectivity index (χ3n) is 3.54. The Morgan fingerprint density at radius 3 is 3.00 bits per heavy atom. The first kappa shape index (κ1) is 12.0. The maximum atomic E-state index is 3.58. The standard InChI is InChI=1S/C13H17BrN2S/c14-11-1-2-13-12(7-11)10(9-17-13)8-16-5-3-15-4-6-16/h1-2,7,10,15H,3-6,8-9H2. The molecular formula is C13H17BrN2S. The average Bonchev–Trinajstić information content (AvgIpc) is 2.73. The molecule has 0 saturated carbocycles. The summed E-state index contributed by atoms with van der Waals surface area (Å²) in [6, 6.07) is 6.71. The molecule has 0 spiro atoms. The number of fused-ring (bicyclic) bond motifs is 1. The summed E-state index contributed by atoms with van der Waals surface area (Å²) in [5.74, 6) is 1.96. The van der Waals surface area contributed by atoms with E-state index in [4.69, 9.17) is 0 Å². The largest absolute Gasteiger partial charge is 0.314 e. The van der Waals surface area contributed by atoms with E-state index in [2.05, 4.69) is 44.3 Å². The van der Waals surface area contributed by atoms with Crippen LogP contribution in [0.15, 0.2) is 27.6 Å². The number of hydrogen-bond donors (Lipinski definition) is 1. The molecule has 3 rings (SSSR count). The summed E-state index contributed by atoms with van der Waals surface area (Å²) in [4.78, 5) is 4.07. The van der Waals surface area contributed by atoms with Gasteiger partial charge in [-0.05, 0) is 23.8 Å². The van der Waals surface area contributed by atoms with Crippen LogP contribution in [0.5, 0.6) is 0 Å². The van der Waals surface area contributed by atoms with Crippen LogP contribution in [0, 0.1) is 0 Å². The van der Waals surface area contributed by atoms with Gasteiger partial charge in [0.2, 0.25) is 0 Å². The van der Waals surface area contributed by atoms with Gasteiger partial charge in [0.1, 0.15) is 0 Å². The molecule has 0 radical (unpaired) electrons. The van der Waals surface area contributed by atoms with Crippen molar-refractivity contribution >= 4 is 27.7 Å². The minimum Gasteiger partial charge on any atom is -0.314 e. The van der Waals surface area contributed by atoms with Crippen LogP contribution in [-0.4, -0.2) is 43.4 Å². The molecule has 1 fully saturated rings. The van der Waals surface area contributed by atoms with Crippen molar-refractivity contribution in [2.24, 2.45) is 0 Å². The van der Waals surface area contributed by atoms with Gasteiger partial charge in [-0.25, -0.2) is 0 Å². The fourth-order valence-electron chi connectivity index (χ4n) is 2.61. The lowest BCUT2D eigenvalue weighted by atomic mass is 10.0. The number of hydrogen-bond acceptors (Lipinski definition) is 3. The molecule has 1 N–H and O–H groups in total. The molecule has 1 saturated heterocycles. The second kappa shape index (κ2) is 5.31. The summed E-state index contributed by atoms with van der Waals surface area (Å²) >= 11 is 5.59. The summed E-state index contributed by atoms with van der Waals surface area (Å²) in [6.45, 7) is 5.91. The Hall–Kier alpha value is -0.0300. The van der Waals surface area contributed by atoms with Crippen molar-refractivity contribution in [1.29, 1.82) is 0 Å². The first-order chi connectivity index (χ1) is 8.33. The molecule has 1 aromatic rings.